The first kappa shape index (κ1) is 14.3. The number of hydrogen-bond donors (Lipinski definition) is 1. The second-order valence-corrected chi connectivity index (χ2v) is 5.36. The fourth-order valence-electron chi connectivity index (χ4n) is 2.51. The number of anilines is 1. The lowest BCUT2D eigenvalue weighted by Gasteiger charge is -2.24. The lowest BCUT2D eigenvalue weighted by molar-refractivity contribution is 0.199. The predicted octanol–water partition coefficient (Wildman–Crippen LogP) is 2.41. The molecular formula is C15H23FN2O. The van der Waals surface area contributed by atoms with Crippen LogP contribution < -0.4 is 4.90 Å². The number of aliphatic hydroxyl groups is 1. The van der Waals surface area contributed by atoms with Crippen LogP contribution in [-0.2, 0) is 0 Å². The van der Waals surface area contributed by atoms with E-state index >= 15 is 0 Å². The summed E-state index contributed by atoms with van der Waals surface area (Å²) in [5, 5.41) is 9.44. The molecule has 0 spiro atoms. The van der Waals surface area contributed by atoms with Crippen LogP contribution in [0.25, 0.3) is 0 Å². The summed E-state index contributed by atoms with van der Waals surface area (Å²) < 4.78 is 14.0. The Hall–Kier alpha value is -1.13. The quantitative estimate of drug-likeness (QED) is 0.886. The number of hydrogen-bond acceptors (Lipinski definition) is 3. The van der Waals surface area contributed by atoms with Crippen LogP contribution >= 0.6 is 0 Å². The Morgan fingerprint density at radius 1 is 1.37 bits per heavy atom. The number of aliphatic hydroxyl groups excluding tert-OH is 1. The van der Waals surface area contributed by atoms with Gasteiger partial charge in [-0.05, 0) is 50.6 Å². The molecule has 0 radical (unpaired) electrons. The SMILES string of the molecule is C[C@H](O)c1ccc(N(C)CCN2CCCC2)c(F)c1. The Bertz CT molecular complexity index is 417. The second kappa shape index (κ2) is 6.35. The topological polar surface area (TPSA) is 26.7 Å². The summed E-state index contributed by atoms with van der Waals surface area (Å²) in [6, 6.07) is 4.96. The fourth-order valence-corrected chi connectivity index (χ4v) is 2.51. The van der Waals surface area contributed by atoms with Crippen molar-refractivity contribution in [1.82, 2.24) is 4.90 Å². The molecule has 19 heavy (non-hydrogen) atoms. The van der Waals surface area contributed by atoms with Gasteiger partial charge in [-0.3, -0.25) is 0 Å². The summed E-state index contributed by atoms with van der Waals surface area (Å²) in [6.07, 6.45) is 1.93. The van der Waals surface area contributed by atoms with E-state index in [4.69, 9.17) is 0 Å². The first-order valence-corrected chi connectivity index (χ1v) is 6.99. The maximum Gasteiger partial charge on any atom is 0.146 e. The van der Waals surface area contributed by atoms with Gasteiger partial charge in [0.05, 0.1) is 11.8 Å². The molecule has 0 unspecified atom stereocenters. The van der Waals surface area contributed by atoms with Gasteiger partial charge in [0.1, 0.15) is 5.82 Å². The molecule has 1 fully saturated rings. The molecule has 4 heteroatoms. The molecule has 1 aliphatic rings. The largest absolute Gasteiger partial charge is 0.389 e. The van der Waals surface area contributed by atoms with Crippen LogP contribution in [0.3, 0.4) is 0 Å². The highest BCUT2D eigenvalue weighted by molar-refractivity contribution is 5.48. The number of benzene rings is 1. The second-order valence-electron chi connectivity index (χ2n) is 5.36. The smallest absolute Gasteiger partial charge is 0.146 e. The minimum atomic E-state index is -0.626. The van der Waals surface area contributed by atoms with Crippen LogP contribution in [0.15, 0.2) is 18.2 Å². The summed E-state index contributed by atoms with van der Waals surface area (Å²) in [5.74, 6) is -0.262. The standard InChI is InChI=1S/C15H23FN2O/c1-12(19)13-5-6-15(14(16)11-13)17(2)9-10-18-7-3-4-8-18/h5-6,11-12,19H,3-4,7-10H2,1-2H3/t12-/m0/s1. The summed E-state index contributed by atoms with van der Waals surface area (Å²) in [4.78, 5) is 4.36. The van der Waals surface area contributed by atoms with Crippen LogP contribution in [-0.4, -0.2) is 43.2 Å². The van der Waals surface area contributed by atoms with Gasteiger partial charge in [0.25, 0.3) is 0 Å². The Kier molecular flexibility index (Phi) is 4.77. The van der Waals surface area contributed by atoms with E-state index in [2.05, 4.69) is 4.90 Å². The van der Waals surface area contributed by atoms with Gasteiger partial charge in [0.2, 0.25) is 0 Å². The molecular weight excluding hydrogens is 243 g/mol. The lowest BCUT2D eigenvalue weighted by atomic mass is 10.1. The third-order valence-electron chi connectivity index (χ3n) is 3.82. The fraction of sp³-hybridized carbons (Fsp3) is 0.600. The molecule has 1 atom stereocenters. The lowest BCUT2D eigenvalue weighted by Crippen LogP contribution is -2.31. The Morgan fingerprint density at radius 2 is 2.05 bits per heavy atom. The predicted molar refractivity (Wildman–Crippen MR) is 76.0 cm³/mol. The zero-order chi connectivity index (χ0) is 13.8. The maximum atomic E-state index is 14.0. The number of halogens is 1. The zero-order valence-corrected chi connectivity index (χ0v) is 11.8. The van der Waals surface area contributed by atoms with E-state index in [0.717, 1.165) is 26.2 Å². The third kappa shape index (κ3) is 3.67. The van der Waals surface area contributed by atoms with Gasteiger partial charge < -0.3 is 14.9 Å². The van der Waals surface area contributed by atoms with Crippen molar-refractivity contribution in [2.75, 3.05) is 38.1 Å². The van der Waals surface area contributed by atoms with Gasteiger partial charge in [0, 0.05) is 20.1 Å². The highest BCUT2D eigenvalue weighted by Crippen LogP contribution is 2.22. The number of rotatable bonds is 5. The monoisotopic (exact) mass is 266 g/mol. The first-order valence-electron chi connectivity index (χ1n) is 6.99. The highest BCUT2D eigenvalue weighted by atomic mass is 19.1. The van der Waals surface area contributed by atoms with E-state index in [-0.39, 0.29) is 5.82 Å². The van der Waals surface area contributed by atoms with Crippen molar-refractivity contribution < 1.29 is 9.50 Å². The molecule has 0 amide bonds. The van der Waals surface area contributed by atoms with Crippen molar-refractivity contribution in [3.63, 3.8) is 0 Å². The van der Waals surface area contributed by atoms with Crippen LogP contribution in [0.5, 0.6) is 0 Å². The molecule has 0 aromatic heterocycles. The van der Waals surface area contributed by atoms with E-state index in [9.17, 15) is 9.50 Å². The minimum Gasteiger partial charge on any atom is -0.389 e. The van der Waals surface area contributed by atoms with E-state index in [0.29, 0.717) is 11.3 Å². The van der Waals surface area contributed by atoms with E-state index in [1.54, 1.807) is 19.1 Å². The molecule has 1 aliphatic heterocycles. The van der Waals surface area contributed by atoms with Crippen LogP contribution in [0, 0.1) is 5.82 Å². The molecule has 0 aliphatic carbocycles. The van der Waals surface area contributed by atoms with Crippen LogP contribution in [0.1, 0.15) is 31.4 Å². The molecule has 1 aromatic rings. The number of likely N-dealkylation sites (tertiary alicyclic amines) is 1. The normalized spacial score (nSPS) is 17.7. The number of nitrogens with zero attached hydrogens (tertiary/aromatic N) is 2. The van der Waals surface area contributed by atoms with Crippen molar-refractivity contribution in [3.8, 4) is 0 Å². The molecule has 1 heterocycles. The zero-order valence-electron chi connectivity index (χ0n) is 11.8. The van der Waals surface area contributed by atoms with Crippen molar-refractivity contribution in [2.45, 2.75) is 25.9 Å². The summed E-state index contributed by atoms with van der Waals surface area (Å²) in [5.41, 5.74) is 1.22. The molecule has 1 N–H and O–H groups in total. The Labute approximate surface area is 114 Å². The van der Waals surface area contributed by atoms with Gasteiger partial charge >= 0.3 is 0 Å². The maximum absolute atomic E-state index is 14.0. The average Bonchev–Trinajstić information content (AvgIpc) is 2.88. The van der Waals surface area contributed by atoms with Gasteiger partial charge in [-0.2, -0.15) is 0 Å². The van der Waals surface area contributed by atoms with Crippen molar-refractivity contribution in [3.05, 3.63) is 29.6 Å². The Morgan fingerprint density at radius 3 is 2.63 bits per heavy atom. The van der Waals surface area contributed by atoms with Crippen molar-refractivity contribution in [2.24, 2.45) is 0 Å². The molecule has 2 rings (SSSR count). The highest BCUT2D eigenvalue weighted by Gasteiger charge is 2.14. The molecule has 1 saturated heterocycles. The molecule has 3 nitrogen and oxygen atoms in total. The van der Waals surface area contributed by atoms with Crippen molar-refractivity contribution in [1.29, 1.82) is 0 Å². The molecule has 0 saturated carbocycles. The van der Waals surface area contributed by atoms with Crippen LogP contribution in [0.4, 0.5) is 10.1 Å². The minimum absolute atomic E-state index is 0.262. The van der Waals surface area contributed by atoms with E-state index in [1.165, 1.54) is 18.9 Å². The van der Waals surface area contributed by atoms with Crippen LogP contribution in [0.2, 0.25) is 0 Å². The van der Waals surface area contributed by atoms with E-state index < -0.39 is 6.10 Å². The Balaban J connectivity index is 1.96. The van der Waals surface area contributed by atoms with E-state index in [1.807, 2.05) is 11.9 Å². The summed E-state index contributed by atoms with van der Waals surface area (Å²) >= 11 is 0. The van der Waals surface area contributed by atoms with Gasteiger partial charge in [-0.1, -0.05) is 6.07 Å². The van der Waals surface area contributed by atoms with Crippen molar-refractivity contribution >= 4 is 5.69 Å². The summed E-state index contributed by atoms with van der Waals surface area (Å²) in [7, 11) is 1.91. The third-order valence-corrected chi connectivity index (χ3v) is 3.82. The molecule has 0 bridgehead atoms. The first-order chi connectivity index (χ1) is 9.08. The van der Waals surface area contributed by atoms with Gasteiger partial charge in [-0.25, -0.2) is 4.39 Å². The van der Waals surface area contributed by atoms with Gasteiger partial charge in [0.15, 0.2) is 0 Å². The molecule has 106 valence electrons. The van der Waals surface area contributed by atoms with Gasteiger partial charge in [-0.15, -0.1) is 0 Å². The summed E-state index contributed by atoms with van der Waals surface area (Å²) in [6.45, 7) is 5.78. The average molecular weight is 266 g/mol. The number of likely N-dealkylation sites (N-methyl/N-ethyl adjacent to an activating group) is 1. The molecule has 1 aromatic carbocycles.